The van der Waals surface area contributed by atoms with Crippen molar-refractivity contribution in [2.45, 2.75) is 13.3 Å². The molecule has 0 aromatic heterocycles. The van der Waals surface area contributed by atoms with Gasteiger partial charge < -0.3 is 5.11 Å². The average Bonchev–Trinajstić information content (AvgIpc) is 2.13. The molecule has 4 aliphatic heterocycles. The second-order valence-electron chi connectivity index (χ2n) is 5.68. The Hall–Kier alpha value is -0.870. The van der Waals surface area contributed by atoms with E-state index in [1.54, 1.807) is 0 Å². The van der Waals surface area contributed by atoms with Gasteiger partial charge in [0.15, 0.2) is 0 Å². The summed E-state index contributed by atoms with van der Waals surface area (Å²) in [5.74, 6) is -0.147. The molecule has 4 aliphatic rings. The molecule has 2 unspecified atom stereocenters. The highest BCUT2D eigenvalue weighted by atomic mass is 16.4. The van der Waals surface area contributed by atoms with Crippen LogP contribution in [0.3, 0.4) is 0 Å². The van der Waals surface area contributed by atoms with Gasteiger partial charge in [-0.2, -0.15) is 0 Å². The lowest BCUT2D eigenvalue weighted by molar-refractivity contribution is -0.136. The van der Waals surface area contributed by atoms with E-state index in [4.69, 9.17) is 5.11 Å². The van der Waals surface area contributed by atoms with Gasteiger partial charge in [-0.3, -0.25) is 14.6 Å². The monoisotopic (exact) mass is 222 g/mol. The van der Waals surface area contributed by atoms with Crippen molar-refractivity contribution in [2.24, 2.45) is 11.3 Å². The number of nitrogens with zero attached hydrogens (tertiary/aromatic N) is 2. The molecule has 2 atom stereocenters. The first-order chi connectivity index (χ1) is 7.57. The third-order valence-corrected chi connectivity index (χ3v) is 4.14. The minimum absolute atomic E-state index is 0.182. The highest BCUT2D eigenvalue weighted by Crippen LogP contribution is 2.46. The van der Waals surface area contributed by atoms with Crippen molar-refractivity contribution in [2.75, 3.05) is 32.8 Å². The molecular weight excluding hydrogens is 204 g/mol. The molecule has 0 aliphatic carbocycles. The molecule has 4 heterocycles. The fourth-order valence-corrected chi connectivity index (χ4v) is 3.83. The van der Waals surface area contributed by atoms with Gasteiger partial charge in [0.25, 0.3) is 0 Å². The average molecular weight is 222 g/mol. The predicted octanol–water partition coefficient (Wildman–Crippen LogP) is 0.612. The molecule has 0 aromatic carbocycles. The van der Waals surface area contributed by atoms with Crippen molar-refractivity contribution >= 4 is 5.97 Å². The van der Waals surface area contributed by atoms with Crippen LogP contribution in [0.4, 0.5) is 0 Å². The van der Waals surface area contributed by atoms with E-state index in [-0.39, 0.29) is 11.8 Å². The topological polar surface area (TPSA) is 43.8 Å². The molecule has 0 spiro atoms. The van der Waals surface area contributed by atoms with Gasteiger partial charge in [-0.15, -0.1) is 0 Å². The highest BCUT2D eigenvalue weighted by molar-refractivity contribution is 5.68. The summed E-state index contributed by atoms with van der Waals surface area (Å²) in [5, 5.41) is 8.79. The number of piperidine rings is 2. The molecule has 4 saturated heterocycles. The molecular formula is C12H18N2O2. The second-order valence-corrected chi connectivity index (χ2v) is 5.68. The first kappa shape index (κ1) is 10.3. The Morgan fingerprint density at radius 1 is 1.50 bits per heavy atom. The van der Waals surface area contributed by atoms with Gasteiger partial charge in [-0.05, 0) is 0 Å². The molecule has 4 nitrogen and oxygen atoms in total. The van der Waals surface area contributed by atoms with Crippen molar-refractivity contribution in [3.05, 3.63) is 11.6 Å². The van der Waals surface area contributed by atoms with Crippen LogP contribution in [0.15, 0.2) is 11.6 Å². The van der Waals surface area contributed by atoms with Crippen LogP contribution >= 0.6 is 0 Å². The number of hydrogen-bond acceptors (Lipinski definition) is 3. The SMILES string of the molecule is CC12CN3CC(CN(C3)C1)/C2=C\CC(=O)O. The Morgan fingerprint density at radius 2 is 2.12 bits per heavy atom. The summed E-state index contributed by atoms with van der Waals surface area (Å²) in [5.41, 5.74) is 1.61. The normalized spacial score (nSPS) is 47.6. The Labute approximate surface area is 95.5 Å². The standard InChI is InChI=1S/C12H18N2O2/c1-12-6-13-4-9(5-14(7-12)8-13)10(12)2-3-11(15)16/h2,9H,3-8H2,1H3,(H,15,16)/b10-2+. The molecule has 0 saturated carbocycles. The number of rotatable bonds is 2. The Kier molecular flexibility index (Phi) is 2.13. The molecule has 88 valence electrons. The fourth-order valence-electron chi connectivity index (χ4n) is 3.83. The lowest BCUT2D eigenvalue weighted by Gasteiger charge is -2.60. The molecule has 4 rings (SSSR count). The van der Waals surface area contributed by atoms with Crippen molar-refractivity contribution in [1.82, 2.24) is 9.80 Å². The van der Waals surface area contributed by atoms with Crippen molar-refractivity contribution in [3.8, 4) is 0 Å². The van der Waals surface area contributed by atoms with E-state index in [1.165, 1.54) is 5.57 Å². The largest absolute Gasteiger partial charge is 0.481 e. The lowest BCUT2D eigenvalue weighted by Crippen LogP contribution is -2.67. The van der Waals surface area contributed by atoms with E-state index >= 15 is 0 Å². The van der Waals surface area contributed by atoms with Crippen molar-refractivity contribution < 1.29 is 9.90 Å². The van der Waals surface area contributed by atoms with Crippen LogP contribution in [0.2, 0.25) is 0 Å². The van der Waals surface area contributed by atoms with E-state index < -0.39 is 5.97 Å². The van der Waals surface area contributed by atoms with E-state index in [0.29, 0.717) is 5.92 Å². The van der Waals surface area contributed by atoms with Crippen LogP contribution in [-0.4, -0.2) is 53.7 Å². The zero-order chi connectivity index (χ0) is 11.3. The maximum Gasteiger partial charge on any atom is 0.307 e. The van der Waals surface area contributed by atoms with Gasteiger partial charge >= 0.3 is 5.97 Å². The summed E-state index contributed by atoms with van der Waals surface area (Å²) < 4.78 is 0. The summed E-state index contributed by atoms with van der Waals surface area (Å²) >= 11 is 0. The van der Waals surface area contributed by atoms with Crippen LogP contribution < -0.4 is 0 Å². The zero-order valence-corrected chi connectivity index (χ0v) is 9.65. The summed E-state index contributed by atoms with van der Waals surface area (Å²) in [4.78, 5) is 15.7. The summed E-state index contributed by atoms with van der Waals surface area (Å²) in [6, 6.07) is 0. The summed E-state index contributed by atoms with van der Waals surface area (Å²) in [6.45, 7) is 7.84. The molecule has 0 aromatic rings. The Bertz CT molecular complexity index is 350. The van der Waals surface area contributed by atoms with E-state index in [0.717, 1.165) is 32.8 Å². The van der Waals surface area contributed by atoms with Gasteiger partial charge in [-0.1, -0.05) is 18.6 Å². The molecule has 16 heavy (non-hydrogen) atoms. The molecule has 4 fully saturated rings. The summed E-state index contributed by atoms with van der Waals surface area (Å²) in [7, 11) is 0. The van der Waals surface area contributed by atoms with Crippen LogP contribution in [0.25, 0.3) is 0 Å². The van der Waals surface area contributed by atoms with Gasteiger partial charge in [0.05, 0.1) is 13.1 Å². The number of aliphatic carboxylic acids is 1. The number of carboxylic acid groups (broad SMARTS) is 1. The number of carboxylic acids is 1. The Morgan fingerprint density at radius 3 is 2.62 bits per heavy atom. The molecule has 0 radical (unpaired) electrons. The third kappa shape index (κ3) is 1.48. The van der Waals surface area contributed by atoms with E-state index in [9.17, 15) is 4.79 Å². The second kappa shape index (κ2) is 3.31. The van der Waals surface area contributed by atoms with Gasteiger partial charge in [0, 0.05) is 37.5 Å². The third-order valence-electron chi connectivity index (χ3n) is 4.14. The number of hydrogen-bond donors (Lipinski definition) is 1. The zero-order valence-electron chi connectivity index (χ0n) is 9.65. The Balaban J connectivity index is 1.88. The summed E-state index contributed by atoms with van der Waals surface area (Å²) in [6.07, 6.45) is 2.16. The maximum absolute atomic E-state index is 10.7. The smallest absolute Gasteiger partial charge is 0.307 e. The van der Waals surface area contributed by atoms with Crippen LogP contribution in [0, 0.1) is 11.3 Å². The highest BCUT2D eigenvalue weighted by Gasteiger charge is 2.49. The molecule has 4 bridgehead atoms. The lowest BCUT2D eigenvalue weighted by atomic mass is 9.67. The van der Waals surface area contributed by atoms with Crippen LogP contribution in [0.1, 0.15) is 13.3 Å². The van der Waals surface area contributed by atoms with Crippen molar-refractivity contribution in [3.63, 3.8) is 0 Å². The fraction of sp³-hybridized carbons (Fsp3) is 0.750. The van der Waals surface area contributed by atoms with E-state index in [2.05, 4.69) is 16.7 Å². The number of carbonyl (C=O) groups is 1. The van der Waals surface area contributed by atoms with E-state index in [1.807, 2.05) is 6.08 Å². The first-order valence-electron chi connectivity index (χ1n) is 5.94. The molecule has 1 N–H and O–H groups in total. The minimum Gasteiger partial charge on any atom is -0.481 e. The quantitative estimate of drug-likeness (QED) is 0.695. The minimum atomic E-state index is -0.717. The van der Waals surface area contributed by atoms with Crippen LogP contribution in [0.5, 0.6) is 0 Å². The van der Waals surface area contributed by atoms with Crippen molar-refractivity contribution in [1.29, 1.82) is 0 Å². The maximum atomic E-state index is 10.7. The van der Waals surface area contributed by atoms with Crippen LogP contribution in [-0.2, 0) is 4.79 Å². The van der Waals surface area contributed by atoms with Gasteiger partial charge in [0.1, 0.15) is 0 Å². The predicted molar refractivity (Wildman–Crippen MR) is 59.9 cm³/mol. The molecule has 0 amide bonds. The van der Waals surface area contributed by atoms with Gasteiger partial charge in [0.2, 0.25) is 0 Å². The van der Waals surface area contributed by atoms with Gasteiger partial charge in [-0.25, -0.2) is 0 Å². The first-order valence-corrected chi connectivity index (χ1v) is 5.94. The molecule has 4 heteroatoms.